The van der Waals surface area contributed by atoms with Crippen LogP contribution in [-0.4, -0.2) is 59.5 Å². The Labute approximate surface area is 200 Å². The average Bonchev–Trinajstić information content (AvgIpc) is 3.25. The summed E-state index contributed by atoms with van der Waals surface area (Å²) in [6.45, 7) is 6.75. The van der Waals surface area contributed by atoms with E-state index in [9.17, 15) is 15.0 Å². The third-order valence-electron chi connectivity index (χ3n) is 6.56. The Bertz CT molecular complexity index is 954. The van der Waals surface area contributed by atoms with Crippen molar-refractivity contribution in [3.63, 3.8) is 0 Å². The number of rotatable bonds is 7. The number of aliphatic hydroxyl groups excluding tert-OH is 2. The van der Waals surface area contributed by atoms with E-state index in [0.29, 0.717) is 25.3 Å². The molecule has 0 aliphatic carbocycles. The first-order chi connectivity index (χ1) is 16.5. The Balaban J connectivity index is 1.57. The third-order valence-corrected chi connectivity index (χ3v) is 6.56. The summed E-state index contributed by atoms with van der Waals surface area (Å²) in [5, 5.41) is 25.0. The van der Waals surface area contributed by atoms with Gasteiger partial charge in [-0.1, -0.05) is 43.3 Å². The van der Waals surface area contributed by atoms with Gasteiger partial charge in [0.25, 0.3) is 0 Å². The van der Waals surface area contributed by atoms with E-state index >= 15 is 0 Å². The van der Waals surface area contributed by atoms with Crippen LogP contribution in [0.2, 0.25) is 0 Å². The zero-order valence-corrected chi connectivity index (χ0v) is 19.8. The van der Waals surface area contributed by atoms with E-state index in [1.54, 1.807) is 0 Å². The number of urea groups is 1. The highest BCUT2D eigenvalue weighted by molar-refractivity contribution is 5.89. The molecule has 2 amide bonds. The molecular formula is C26H35N3O5. The van der Waals surface area contributed by atoms with E-state index < -0.39 is 6.29 Å². The number of carbonyl (C=O) groups is 1. The summed E-state index contributed by atoms with van der Waals surface area (Å²) in [6.07, 6.45) is -0.423. The third kappa shape index (κ3) is 5.95. The lowest BCUT2D eigenvalue weighted by molar-refractivity contribution is -0.276. The molecule has 2 heterocycles. The van der Waals surface area contributed by atoms with Crippen molar-refractivity contribution < 1.29 is 24.5 Å². The molecule has 34 heavy (non-hydrogen) atoms. The summed E-state index contributed by atoms with van der Waals surface area (Å²) < 4.78 is 13.0. The predicted octanol–water partition coefficient (Wildman–Crippen LogP) is 3.18. The number of ether oxygens (including phenoxy) is 2. The largest absolute Gasteiger partial charge is 0.392 e. The number of carbonyl (C=O) groups excluding carboxylic acids is 1. The summed E-state index contributed by atoms with van der Waals surface area (Å²) in [7, 11) is 0. The molecule has 2 aliphatic heterocycles. The Kier molecular flexibility index (Phi) is 8.18. The van der Waals surface area contributed by atoms with Gasteiger partial charge in [0.05, 0.1) is 24.9 Å². The highest BCUT2D eigenvalue weighted by Crippen LogP contribution is 2.42. The number of benzene rings is 2. The molecule has 0 saturated carbocycles. The van der Waals surface area contributed by atoms with Gasteiger partial charge in [0.15, 0.2) is 6.29 Å². The number of anilines is 1. The van der Waals surface area contributed by atoms with Crippen LogP contribution in [0.1, 0.15) is 49.4 Å². The molecule has 0 radical (unpaired) electrons. The fourth-order valence-electron chi connectivity index (χ4n) is 4.66. The molecule has 2 aromatic rings. The van der Waals surface area contributed by atoms with Gasteiger partial charge in [-0.15, -0.1) is 0 Å². The summed E-state index contributed by atoms with van der Waals surface area (Å²) >= 11 is 0. The van der Waals surface area contributed by atoms with E-state index in [1.807, 2.05) is 55.5 Å². The van der Waals surface area contributed by atoms with Crippen molar-refractivity contribution in [3.8, 4) is 0 Å². The first kappa shape index (κ1) is 24.6. The Morgan fingerprint density at radius 2 is 1.94 bits per heavy atom. The second-order valence-corrected chi connectivity index (χ2v) is 9.13. The zero-order chi connectivity index (χ0) is 24.1. The molecule has 8 nitrogen and oxygen atoms in total. The van der Waals surface area contributed by atoms with E-state index in [0.717, 1.165) is 29.7 Å². The van der Waals surface area contributed by atoms with Crippen molar-refractivity contribution in [3.05, 3.63) is 65.2 Å². The van der Waals surface area contributed by atoms with Gasteiger partial charge in [0, 0.05) is 43.3 Å². The van der Waals surface area contributed by atoms with Crippen LogP contribution in [0.25, 0.3) is 0 Å². The number of hydrogen-bond donors (Lipinski definition) is 4. The number of nitrogens with one attached hydrogen (secondary N) is 2. The first-order valence-electron chi connectivity index (χ1n) is 12.0. The molecular weight excluding hydrogens is 434 g/mol. The molecule has 4 rings (SSSR count). The monoisotopic (exact) mass is 469 g/mol. The van der Waals surface area contributed by atoms with E-state index in [2.05, 4.69) is 22.5 Å². The van der Waals surface area contributed by atoms with Crippen LogP contribution in [0.4, 0.5) is 10.5 Å². The van der Waals surface area contributed by atoms with Crippen LogP contribution in [0.15, 0.2) is 48.5 Å². The van der Waals surface area contributed by atoms with Gasteiger partial charge in [-0.2, -0.15) is 0 Å². The second-order valence-electron chi connectivity index (χ2n) is 9.13. The van der Waals surface area contributed by atoms with Gasteiger partial charge < -0.3 is 30.3 Å². The van der Waals surface area contributed by atoms with Crippen molar-refractivity contribution in [2.45, 2.75) is 51.5 Å². The van der Waals surface area contributed by atoms with Gasteiger partial charge in [0.2, 0.25) is 0 Å². The van der Waals surface area contributed by atoms with E-state index in [4.69, 9.17) is 9.47 Å². The lowest BCUT2D eigenvalue weighted by Crippen LogP contribution is -2.44. The van der Waals surface area contributed by atoms with Crippen LogP contribution < -0.4 is 10.6 Å². The fraction of sp³-hybridized carbons (Fsp3) is 0.500. The molecule has 8 heteroatoms. The maximum Gasteiger partial charge on any atom is 0.319 e. The van der Waals surface area contributed by atoms with Gasteiger partial charge in [0.1, 0.15) is 0 Å². The quantitative estimate of drug-likeness (QED) is 0.497. The maximum absolute atomic E-state index is 12.0. The van der Waals surface area contributed by atoms with Gasteiger partial charge >= 0.3 is 6.03 Å². The van der Waals surface area contributed by atoms with Crippen LogP contribution in [-0.2, 0) is 16.1 Å². The lowest BCUT2D eigenvalue weighted by Gasteiger charge is -2.42. The minimum absolute atomic E-state index is 0.00158. The number of nitrogens with zero attached hydrogens (tertiary/aromatic N) is 1. The minimum atomic E-state index is -0.604. The predicted molar refractivity (Wildman–Crippen MR) is 129 cm³/mol. The van der Waals surface area contributed by atoms with Crippen LogP contribution in [0.3, 0.4) is 0 Å². The van der Waals surface area contributed by atoms with Crippen LogP contribution in [0, 0.1) is 5.92 Å². The fourth-order valence-corrected chi connectivity index (χ4v) is 4.66. The Hall–Kier alpha value is -2.49. The van der Waals surface area contributed by atoms with Gasteiger partial charge in [-0.05, 0) is 36.6 Å². The minimum Gasteiger partial charge on any atom is -0.392 e. The van der Waals surface area contributed by atoms with Crippen LogP contribution >= 0.6 is 0 Å². The van der Waals surface area contributed by atoms with Crippen molar-refractivity contribution >= 4 is 11.7 Å². The number of likely N-dealkylation sites (tertiary alicyclic amines) is 1. The number of aliphatic hydroxyl groups is 2. The van der Waals surface area contributed by atoms with Gasteiger partial charge in [-0.25, -0.2) is 4.79 Å². The van der Waals surface area contributed by atoms with Crippen molar-refractivity contribution in [2.24, 2.45) is 5.92 Å². The molecule has 0 spiro atoms. The number of hydrogen-bond acceptors (Lipinski definition) is 6. The normalized spacial score (nSPS) is 27.5. The second kappa shape index (κ2) is 11.3. The van der Waals surface area contributed by atoms with Crippen LogP contribution in [0.5, 0.6) is 0 Å². The lowest BCUT2D eigenvalue weighted by atomic mass is 9.90. The summed E-state index contributed by atoms with van der Waals surface area (Å²) in [4.78, 5) is 14.2. The average molecular weight is 470 g/mol. The van der Waals surface area contributed by atoms with Crippen molar-refractivity contribution in [1.82, 2.24) is 10.2 Å². The number of β-amino-alcohol motifs (C(OH)–C–C–N with tert-alkyl or cyclic N) is 1. The van der Waals surface area contributed by atoms with Gasteiger partial charge in [-0.3, -0.25) is 4.90 Å². The molecule has 2 aliphatic rings. The maximum atomic E-state index is 12.0. The van der Waals surface area contributed by atoms with E-state index in [-0.39, 0.29) is 36.9 Å². The topological polar surface area (TPSA) is 103 Å². The summed E-state index contributed by atoms with van der Waals surface area (Å²) in [6, 6.07) is 15.1. The summed E-state index contributed by atoms with van der Waals surface area (Å²) in [5.74, 6) is 0.0746. The molecule has 0 aromatic heterocycles. The molecule has 2 aromatic carbocycles. The molecule has 0 bridgehead atoms. The molecule has 2 fully saturated rings. The molecule has 4 N–H and O–H groups in total. The highest BCUT2D eigenvalue weighted by atomic mass is 16.7. The Morgan fingerprint density at radius 1 is 1.15 bits per heavy atom. The molecule has 2 saturated heterocycles. The standard InChI is InChI=1S/C26H35N3O5/c1-3-27-26(32)28-21-6-4-5-20(13-21)25-33-23(15-29-12-11-22(31)14-29)17(2)24(34-25)19-9-7-18(16-30)8-10-19/h4-10,13,17,22-25,30-31H,3,11-12,14-16H2,1-2H3,(H2,27,28,32)/t17-,22+,23+,24+,25?/m0/s1. The number of amides is 2. The summed E-state index contributed by atoms with van der Waals surface area (Å²) in [5.41, 5.74) is 3.37. The molecule has 1 unspecified atom stereocenters. The van der Waals surface area contributed by atoms with E-state index in [1.165, 1.54) is 0 Å². The molecule has 184 valence electrons. The Morgan fingerprint density at radius 3 is 2.62 bits per heavy atom. The first-order valence-corrected chi connectivity index (χ1v) is 12.0. The van der Waals surface area contributed by atoms with Crippen molar-refractivity contribution in [2.75, 3.05) is 31.5 Å². The van der Waals surface area contributed by atoms with Crippen molar-refractivity contribution in [1.29, 1.82) is 0 Å². The smallest absolute Gasteiger partial charge is 0.319 e. The zero-order valence-electron chi connectivity index (χ0n) is 19.8. The SMILES string of the molecule is CCNC(=O)Nc1cccc(C2O[C@H](CN3CC[C@@H](O)C3)[C@H](C)[C@H](c3ccc(CO)cc3)O2)c1. The molecule has 5 atom stereocenters. The highest BCUT2D eigenvalue weighted by Gasteiger charge is 2.39.